The maximum atomic E-state index is 12.1. The molecule has 0 N–H and O–H groups in total. The number of aryl methyl sites for hydroxylation is 1. The van der Waals surface area contributed by atoms with E-state index in [4.69, 9.17) is 4.42 Å². The van der Waals surface area contributed by atoms with Gasteiger partial charge < -0.3 is 4.42 Å². The molecule has 3 heteroatoms. The molecule has 3 rings (SSSR count). The van der Waals surface area contributed by atoms with Gasteiger partial charge >= 0.3 is 0 Å². The Morgan fingerprint density at radius 1 is 1.19 bits per heavy atom. The summed E-state index contributed by atoms with van der Waals surface area (Å²) in [6.07, 6.45) is 10.7. The molecule has 1 aliphatic rings. The highest BCUT2D eigenvalue weighted by atomic mass is 16.3. The van der Waals surface area contributed by atoms with E-state index in [0.717, 1.165) is 17.9 Å². The zero-order valence-electron chi connectivity index (χ0n) is 12.1. The minimum Gasteiger partial charge on any atom is -0.463 e. The van der Waals surface area contributed by atoms with Crippen molar-refractivity contribution in [3.8, 4) is 0 Å². The highest BCUT2D eigenvalue weighted by Crippen LogP contribution is 2.27. The zero-order chi connectivity index (χ0) is 14.7. The van der Waals surface area contributed by atoms with E-state index in [1.807, 2.05) is 18.2 Å². The van der Waals surface area contributed by atoms with Gasteiger partial charge in [0.05, 0.1) is 10.9 Å². The van der Waals surface area contributed by atoms with E-state index in [-0.39, 0.29) is 11.0 Å². The number of hydrogen-bond donors (Lipinski definition) is 0. The molecule has 1 aromatic carbocycles. The van der Waals surface area contributed by atoms with Crippen molar-refractivity contribution in [2.75, 3.05) is 0 Å². The van der Waals surface area contributed by atoms with Gasteiger partial charge in [-0.15, -0.1) is 0 Å². The summed E-state index contributed by atoms with van der Waals surface area (Å²) < 4.78 is 5.33. The van der Waals surface area contributed by atoms with E-state index in [9.17, 15) is 9.59 Å². The Balaban J connectivity index is 1.81. The number of carbonyl (C=O) groups excluding carboxylic acids is 1. The van der Waals surface area contributed by atoms with Gasteiger partial charge in [-0.2, -0.15) is 0 Å². The summed E-state index contributed by atoms with van der Waals surface area (Å²) in [4.78, 5) is 23.0. The number of aldehydes is 1. The molecule has 0 aliphatic heterocycles. The Hall–Kier alpha value is -1.90. The van der Waals surface area contributed by atoms with Crippen LogP contribution >= 0.6 is 0 Å². The fraction of sp³-hybridized carbons (Fsp3) is 0.444. The lowest BCUT2D eigenvalue weighted by Gasteiger charge is -2.21. The first-order valence-corrected chi connectivity index (χ1v) is 7.77. The first-order chi connectivity index (χ1) is 10.3. The smallest absolute Gasteiger partial charge is 0.203 e. The lowest BCUT2D eigenvalue weighted by Crippen LogP contribution is -2.09. The van der Waals surface area contributed by atoms with Crippen LogP contribution < -0.4 is 5.43 Å². The lowest BCUT2D eigenvalue weighted by molar-refractivity contribution is 0.112. The summed E-state index contributed by atoms with van der Waals surface area (Å²) in [5.74, 6) is 0.826. The summed E-state index contributed by atoms with van der Waals surface area (Å²) in [5.41, 5.74) is 1.56. The summed E-state index contributed by atoms with van der Waals surface area (Å²) in [5, 5.41) is 0.515. The van der Waals surface area contributed by atoms with Crippen LogP contribution in [-0.2, 0) is 6.42 Å². The molecule has 0 atom stereocenters. The minimum absolute atomic E-state index is 0.0898. The van der Waals surface area contributed by atoms with Crippen molar-refractivity contribution in [3.05, 3.63) is 45.8 Å². The van der Waals surface area contributed by atoms with Gasteiger partial charge in [0.1, 0.15) is 11.8 Å². The molecule has 1 saturated carbocycles. The molecule has 1 aromatic heterocycles. The fourth-order valence-corrected chi connectivity index (χ4v) is 3.28. The standard InChI is InChI=1S/C18H20O3/c19-11-15-12-21-17-9-8-14(10-16(17)18(15)20)7-6-13-4-2-1-3-5-13/h8-13H,1-7H2. The molecule has 0 spiro atoms. The van der Waals surface area contributed by atoms with Crippen molar-refractivity contribution in [3.63, 3.8) is 0 Å². The second-order valence-electron chi connectivity index (χ2n) is 6.01. The largest absolute Gasteiger partial charge is 0.463 e. The monoisotopic (exact) mass is 284 g/mol. The van der Waals surface area contributed by atoms with Crippen molar-refractivity contribution in [2.45, 2.75) is 44.9 Å². The Labute approximate surface area is 124 Å². The zero-order valence-corrected chi connectivity index (χ0v) is 12.1. The molecule has 1 aliphatic carbocycles. The quantitative estimate of drug-likeness (QED) is 0.793. The molecule has 2 aromatic rings. The first kappa shape index (κ1) is 14.1. The van der Waals surface area contributed by atoms with Crippen molar-refractivity contribution in [1.82, 2.24) is 0 Å². The second kappa shape index (κ2) is 6.25. The van der Waals surface area contributed by atoms with Gasteiger partial charge in [0.25, 0.3) is 0 Å². The maximum absolute atomic E-state index is 12.1. The van der Waals surface area contributed by atoms with Crippen LogP contribution in [0.4, 0.5) is 0 Å². The Morgan fingerprint density at radius 3 is 2.76 bits per heavy atom. The van der Waals surface area contributed by atoms with Crippen LogP contribution in [0.5, 0.6) is 0 Å². The van der Waals surface area contributed by atoms with Crippen LogP contribution in [0, 0.1) is 5.92 Å². The maximum Gasteiger partial charge on any atom is 0.203 e. The van der Waals surface area contributed by atoms with Gasteiger partial charge in [0.15, 0.2) is 6.29 Å². The summed E-state index contributed by atoms with van der Waals surface area (Å²) in [7, 11) is 0. The summed E-state index contributed by atoms with van der Waals surface area (Å²) in [6.45, 7) is 0. The SMILES string of the molecule is O=Cc1coc2ccc(CCC3CCCCC3)cc2c1=O. The van der Waals surface area contributed by atoms with Gasteiger partial charge in [-0.25, -0.2) is 0 Å². The van der Waals surface area contributed by atoms with Crippen LogP contribution in [0.25, 0.3) is 11.0 Å². The van der Waals surface area contributed by atoms with E-state index < -0.39 is 0 Å². The van der Waals surface area contributed by atoms with Gasteiger partial charge in [-0.05, 0) is 36.5 Å². The van der Waals surface area contributed by atoms with E-state index in [1.165, 1.54) is 44.8 Å². The highest BCUT2D eigenvalue weighted by Gasteiger charge is 2.13. The predicted octanol–water partition coefficient (Wildman–Crippen LogP) is 4.12. The van der Waals surface area contributed by atoms with Crippen molar-refractivity contribution >= 4 is 17.3 Å². The molecule has 0 saturated heterocycles. The highest BCUT2D eigenvalue weighted by molar-refractivity contribution is 5.84. The van der Waals surface area contributed by atoms with Crippen molar-refractivity contribution in [1.29, 1.82) is 0 Å². The van der Waals surface area contributed by atoms with Crippen LogP contribution in [0.15, 0.2) is 33.7 Å². The minimum atomic E-state index is -0.231. The number of fused-ring (bicyclic) bond motifs is 1. The van der Waals surface area contributed by atoms with Crippen LogP contribution in [0.2, 0.25) is 0 Å². The first-order valence-electron chi connectivity index (χ1n) is 7.77. The van der Waals surface area contributed by atoms with Crippen molar-refractivity contribution < 1.29 is 9.21 Å². The van der Waals surface area contributed by atoms with E-state index in [0.29, 0.717) is 17.3 Å². The summed E-state index contributed by atoms with van der Waals surface area (Å²) in [6, 6.07) is 5.74. The fourth-order valence-electron chi connectivity index (χ4n) is 3.28. The third-order valence-corrected chi connectivity index (χ3v) is 4.56. The number of rotatable bonds is 4. The average Bonchev–Trinajstić information content (AvgIpc) is 2.54. The van der Waals surface area contributed by atoms with Gasteiger partial charge in [-0.3, -0.25) is 9.59 Å². The van der Waals surface area contributed by atoms with Crippen LogP contribution in [-0.4, -0.2) is 6.29 Å². The molecular weight excluding hydrogens is 264 g/mol. The molecule has 1 fully saturated rings. The van der Waals surface area contributed by atoms with Crippen molar-refractivity contribution in [2.24, 2.45) is 5.92 Å². The Morgan fingerprint density at radius 2 is 2.00 bits per heavy atom. The number of hydrogen-bond acceptors (Lipinski definition) is 3. The summed E-state index contributed by atoms with van der Waals surface area (Å²) >= 11 is 0. The van der Waals surface area contributed by atoms with Crippen LogP contribution in [0.3, 0.4) is 0 Å². The van der Waals surface area contributed by atoms with E-state index in [1.54, 1.807) is 0 Å². The predicted molar refractivity (Wildman–Crippen MR) is 82.8 cm³/mol. The third-order valence-electron chi connectivity index (χ3n) is 4.56. The third kappa shape index (κ3) is 3.07. The number of carbonyl (C=O) groups is 1. The molecule has 0 unspecified atom stereocenters. The van der Waals surface area contributed by atoms with Gasteiger partial charge in [0.2, 0.25) is 5.43 Å². The Kier molecular flexibility index (Phi) is 4.18. The second-order valence-corrected chi connectivity index (χ2v) is 6.01. The molecular formula is C18H20O3. The topological polar surface area (TPSA) is 47.3 Å². The van der Waals surface area contributed by atoms with Gasteiger partial charge in [-0.1, -0.05) is 38.2 Å². The lowest BCUT2D eigenvalue weighted by atomic mass is 9.85. The average molecular weight is 284 g/mol. The van der Waals surface area contributed by atoms with Crippen LogP contribution in [0.1, 0.15) is 54.4 Å². The van der Waals surface area contributed by atoms with E-state index in [2.05, 4.69) is 0 Å². The molecule has 3 nitrogen and oxygen atoms in total. The molecule has 110 valence electrons. The molecule has 0 bridgehead atoms. The normalized spacial score (nSPS) is 16.2. The molecule has 0 radical (unpaired) electrons. The molecule has 21 heavy (non-hydrogen) atoms. The number of benzene rings is 1. The van der Waals surface area contributed by atoms with Gasteiger partial charge in [0, 0.05) is 0 Å². The Bertz CT molecular complexity index is 693. The molecule has 1 heterocycles. The van der Waals surface area contributed by atoms with E-state index >= 15 is 0 Å². The molecule has 0 amide bonds.